The van der Waals surface area contributed by atoms with Crippen molar-refractivity contribution in [3.8, 4) is 11.5 Å². The van der Waals surface area contributed by atoms with E-state index in [0.717, 1.165) is 25.2 Å². The summed E-state index contributed by atoms with van der Waals surface area (Å²) in [5, 5.41) is 0.517. The van der Waals surface area contributed by atoms with Crippen molar-refractivity contribution in [3.63, 3.8) is 0 Å². The van der Waals surface area contributed by atoms with Gasteiger partial charge in [-0.3, -0.25) is 4.79 Å². The second-order valence-corrected chi connectivity index (χ2v) is 6.48. The molecule has 0 aromatic heterocycles. The number of hydrogen-bond donors (Lipinski definition) is 0. The van der Waals surface area contributed by atoms with E-state index >= 15 is 0 Å². The first-order chi connectivity index (χ1) is 13.0. The number of allylic oxidation sites excluding steroid dienone is 1. The average molecular weight is 388 g/mol. The summed E-state index contributed by atoms with van der Waals surface area (Å²) in [6.07, 6.45) is 1.71. The van der Waals surface area contributed by atoms with Crippen molar-refractivity contribution in [2.45, 2.75) is 20.8 Å². The number of carbonyl (C=O) groups is 1. The highest BCUT2D eigenvalue weighted by molar-refractivity contribution is 6.30. The SMILES string of the molecule is CCN(CC)CCOc1ccc(Cl)cc1O/C(=C/c1ccccc1)C(C)=O. The minimum atomic E-state index is -0.173. The monoisotopic (exact) mass is 387 g/mol. The van der Waals surface area contributed by atoms with Gasteiger partial charge in [-0.25, -0.2) is 0 Å². The summed E-state index contributed by atoms with van der Waals surface area (Å²) in [4.78, 5) is 14.3. The van der Waals surface area contributed by atoms with Crippen molar-refractivity contribution < 1.29 is 14.3 Å². The number of likely N-dealkylation sites (N-methyl/N-ethyl adjacent to an activating group) is 1. The third-order valence-electron chi connectivity index (χ3n) is 4.13. The van der Waals surface area contributed by atoms with Crippen LogP contribution in [0.25, 0.3) is 6.08 Å². The summed E-state index contributed by atoms with van der Waals surface area (Å²) in [6, 6.07) is 14.7. The highest BCUT2D eigenvalue weighted by Gasteiger charge is 2.13. The molecule has 5 heteroatoms. The van der Waals surface area contributed by atoms with Crippen LogP contribution in [0.2, 0.25) is 5.02 Å². The van der Waals surface area contributed by atoms with Gasteiger partial charge in [-0.2, -0.15) is 0 Å². The first-order valence-electron chi connectivity index (χ1n) is 9.13. The first-order valence-corrected chi connectivity index (χ1v) is 9.51. The molecule has 0 spiro atoms. The largest absolute Gasteiger partial charge is 0.488 e. The number of nitrogens with zero attached hydrogens (tertiary/aromatic N) is 1. The molecule has 0 saturated carbocycles. The Bertz CT molecular complexity index is 770. The van der Waals surface area contributed by atoms with E-state index in [1.165, 1.54) is 6.92 Å². The van der Waals surface area contributed by atoms with Gasteiger partial charge in [-0.15, -0.1) is 0 Å². The maximum Gasteiger partial charge on any atom is 0.194 e. The average Bonchev–Trinajstić information content (AvgIpc) is 2.67. The molecular formula is C22H26ClNO3. The summed E-state index contributed by atoms with van der Waals surface area (Å²) in [5.74, 6) is 1.05. The predicted octanol–water partition coefficient (Wildman–Crippen LogP) is 5.07. The smallest absolute Gasteiger partial charge is 0.194 e. The molecule has 2 aromatic rings. The lowest BCUT2D eigenvalue weighted by Crippen LogP contribution is -2.28. The molecule has 2 aromatic carbocycles. The predicted molar refractivity (Wildman–Crippen MR) is 110 cm³/mol. The van der Waals surface area contributed by atoms with Crippen molar-refractivity contribution in [1.82, 2.24) is 4.90 Å². The Morgan fingerprint density at radius 1 is 1.07 bits per heavy atom. The Balaban J connectivity index is 2.19. The number of halogens is 1. The Kier molecular flexibility index (Phi) is 8.37. The molecule has 0 radical (unpaired) electrons. The van der Waals surface area contributed by atoms with E-state index in [4.69, 9.17) is 21.1 Å². The number of ether oxygens (including phenoxy) is 2. The van der Waals surface area contributed by atoms with Gasteiger partial charge in [0.15, 0.2) is 23.0 Å². The van der Waals surface area contributed by atoms with E-state index in [2.05, 4.69) is 18.7 Å². The van der Waals surface area contributed by atoms with Gasteiger partial charge >= 0.3 is 0 Å². The molecule has 27 heavy (non-hydrogen) atoms. The molecule has 0 bridgehead atoms. The number of ketones is 1. The van der Waals surface area contributed by atoms with E-state index in [9.17, 15) is 4.79 Å². The van der Waals surface area contributed by atoms with Crippen molar-refractivity contribution in [2.75, 3.05) is 26.2 Å². The first kappa shape index (κ1) is 21.0. The third-order valence-corrected chi connectivity index (χ3v) is 4.36. The minimum absolute atomic E-state index is 0.173. The molecule has 144 valence electrons. The Hall–Kier alpha value is -2.30. The zero-order chi connectivity index (χ0) is 19.6. The fourth-order valence-electron chi connectivity index (χ4n) is 2.53. The number of benzene rings is 2. The van der Waals surface area contributed by atoms with E-state index in [0.29, 0.717) is 23.1 Å². The Labute approximate surface area is 166 Å². The summed E-state index contributed by atoms with van der Waals surface area (Å²) >= 11 is 6.12. The lowest BCUT2D eigenvalue weighted by molar-refractivity contribution is -0.115. The van der Waals surface area contributed by atoms with Crippen LogP contribution in [0, 0.1) is 0 Å². The third kappa shape index (κ3) is 6.74. The van der Waals surface area contributed by atoms with Crippen LogP contribution in [0.3, 0.4) is 0 Å². The lowest BCUT2D eigenvalue weighted by Gasteiger charge is -2.19. The van der Waals surface area contributed by atoms with E-state index in [-0.39, 0.29) is 11.5 Å². The summed E-state index contributed by atoms with van der Waals surface area (Å²) in [5.41, 5.74) is 0.883. The fourth-order valence-corrected chi connectivity index (χ4v) is 2.69. The number of carbonyl (C=O) groups excluding carboxylic acids is 1. The van der Waals surface area contributed by atoms with Crippen molar-refractivity contribution in [1.29, 1.82) is 0 Å². The molecule has 0 heterocycles. The van der Waals surface area contributed by atoms with Gasteiger partial charge in [0.2, 0.25) is 0 Å². The van der Waals surface area contributed by atoms with E-state index in [1.807, 2.05) is 30.3 Å². The van der Waals surface area contributed by atoms with Crippen LogP contribution in [0.15, 0.2) is 54.3 Å². The summed E-state index contributed by atoms with van der Waals surface area (Å²) < 4.78 is 11.8. The van der Waals surface area contributed by atoms with Gasteiger partial charge in [0.05, 0.1) is 0 Å². The van der Waals surface area contributed by atoms with Gasteiger partial charge in [-0.1, -0.05) is 55.8 Å². The van der Waals surface area contributed by atoms with Gasteiger partial charge in [0, 0.05) is 24.6 Å². The Morgan fingerprint density at radius 3 is 2.41 bits per heavy atom. The molecule has 0 aliphatic heterocycles. The highest BCUT2D eigenvalue weighted by atomic mass is 35.5. The van der Waals surface area contributed by atoms with Crippen LogP contribution in [0.5, 0.6) is 11.5 Å². The maximum atomic E-state index is 12.1. The van der Waals surface area contributed by atoms with Gasteiger partial charge in [0.1, 0.15) is 6.61 Å². The molecule has 0 aliphatic rings. The van der Waals surface area contributed by atoms with E-state index < -0.39 is 0 Å². The van der Waals surface area contributed by atoms with Crippen molar-refractivity contribution >= 4 is 23.5 Å². The van der Waals surface area contributed by atoms with Crippen LogP contribution < -0.4 is 9.47 Å². The zero-order valence-corrected chi connectivity index (χ0v) is 16.8. The van der Waals surface area contributed by atoms with Crippen LogP contribution in [-0.2, 0) is 4.79 Å². The molecule has 0 fully saturated rings. The van der Waals surface area contributed by atoms with Gasteiger partial charge in [0.25, 0.3) is 0 Å². The molecule has 0 unspecified atom stereocenters. The number of hydrogen-bond acceptors (Lipinski definition) is 4. The lowest BCUT2D eigenvalue weighted by atomic mass is 10.2. The topological polar surface area (TPSA) is 38.8 Å². The molecule has 0 N–H and O–H groups in total. The molecule has 0 amide bonds. The van der Waals surface area contributed by atoms with Gasteiger partial charge in [-0.05, 0) is 36.9 Å². The van der Waals surface area contributed by atoms with E-state index in [1.54, 1.807) is 24.3 Å². The Morgan fingerprint density at radius 2 is 1.78 bits per heavy atom. The molecule has 2 rings (SSSR count). The van der Waals surface area contributed by atoms with Crippen LogP contribution >= 0.6 is 11.6 Å². The second kappa shape index (κ2) is 10.8. The number of Topliss-reactive ketones (excluding diaryl/α,β-unsaturated/α-hetero) is 1. The summed E-state index contributed by atoms with van der Waals surface area (Å²) in [6.45, 7) is 8.99. The normalized spacial score (nSPS) is 11.5. The fraction of sp³-hybridized carbons (Fsp3) is 0.318. The molecule has 0 atom stereocenters. The number of rotatable bonds is 10. The maximum absolute atomic E-state index is 12.1. The van der Waals surface area contributed by atoms with Crippen molar-refractivity contribution in [2.24, 2.45) is 0 Å². The quantitative estimate of drug-likeness (QED) is 0.421. The van der Waals surface area contributed by atoms with Crippen LogP contribution in [0.1, 0.15) is 26.3 Å². The van der Waals surface area contributed by atoms with Crippen LogP contribution in [-0.4, -0.2) is 36.9 Å². The standard InChI is InChI=1S/C22H26ClNO3/c1-4-24(5-2)13-14-26-20-12-11-19(23)16-22(20)27-21(17(3)25)15-18-9-7-6-8-10-18/h6-12,15-16H,4-5,13-14H2,1-3H3/b21-15+. The summed E-state index contributed by atoms with van der Waals surface area (Å²) in [7, 11) is 0. The highest BCUT2D eigenvalue weighted by Crippen LogP contribution is 2.32. The van der Waals surface area contributed by atoms with Crippen LogP contribution in [0.4, 0.5) is 0 Å². The zero-order valence-electron chi connectivity index (χ0n) is 16.1. The van der Waals surface area contributed by atoms with Gasteiger partial charge < -0.3 is 14.4 Å². The second-order valence-electron chi connectivity index (χ2n) is 6.04. The molecule has 0 saturated heterocycles. The minimum Gasteiger partial charge on any atom is -0.488 e. The molecular weight excluding hydrogens is 362 g/mol. The molecule has 4 nitrogen and oxygen atoms in total. The molecule has 0 aliphatic carbocycles. The van der Waals surface area contributed by atoms with Crippen molar-refractivity contribution in [3.05, 3.63) is 64.9 Å².